The van der Waals surface area contributed by atoms with E-state index in [9.17, 15) is 4.79 Å². The third kappa shape index (κ3) is 3.81. The molecule has 0 spiro atoms. The van der Waals surface area contributed by atoms with E-state index in [1.807, 2.05) is 44.1 Å². The summed E-state index contributed by atoms with van der Waals surface area (Å²) in [6, 6.07) is 6.20. The maximum atomic E-state index is 12.6. The fraction of sp³-hybridized carbons (Fsp3) is 0.421. The Bertz CT molecular complexity index is 965. The van der Waals surface area contributed by atoms with Crippen LogP contribution >= 0.6 is 11.3 Å². The predicted octanol–water partition coefficient (Wildman–Crippen LogP) is 2.95. The Morgan fingerprint density at radius 2 is 2.26 bits per heavy atom. The Morgan fingerprint density at radius 1 is 1.41 bits per heavy atom. The van der Waals surface area contributed by atoms with Gasteiger partial charge in [0, 0.05) is 25.2 Å². The van der Waals surface area contributed by atoms with E-state index in [0.717, 1.165) is 34.7 Å². The zero-order valence-corrected chi connectivity index (χ0v) is 16.5. The van der Waals surface area contributed by atoms with Crippen LogP contribution in [0.15, 0.2) is 28.9 Å². The lowest BCUT2D eigenvalue weighted by Crippen LogP contribution is -2.34. The Labute approximate surface area is 161 Å². The summed E-state index contributed by atoms with van der Waals surface area (Å²) in [6.45, 7) is 3.62. The van der Waals surface area contributed by atoms with Crippen molar-refractivity contribution < 1.29 is 13.9 Å². The number of thiazole rings is 1. The number of hydrogen-bond acceptors (Lipinski definition) is 7. The van der Waals surface area contributed by atoms with Crippen molar-refractivity contribution in [2.45, 2.75) is 26.0 Å². The summed E-state index contributed by atoms with van der Waals surface area (Å²) >= 11 is 1.65. The first kappa shape index (κ1) is 17.9. The van der Waals surface area contributed by atoms with Crippen LogP contribution in [0, 0.1) is 6.92 Å². The van der Waals surface area contributed by atoms with E-state index in [1.54, 1.807) is 11.3 Å². The average Bonchev–Trinajstić information content (AvgIpc) is 3.37. The van der Waals surface area contributed by atoms with Crippen molar-refractivity contribution in [2.75, 3.05) is 27.2 Å². The minimum Gasteiger partial charge on any atom is -0.484 e. The number of rotatable bonds is 5. The van der Waals surface area contributed by atoms with Crippen molar-refractivity contribution in [3.8, 4) is 5.75 Å². The van der Waals surface area contributed by atoms with Crippen LogP contribution in [0.25, 0.3) is 10.2 Å². The van der Waals surface area contributed by atoms with Crippen LogP contribution in [0.4, 0.5) is 0 Å². The van der Waals surface area contributed by atoms with E-state index in [1.165, 1.54) is 6.26 Å². The fourth-order valence-corrected chi connectivity index (χ4v) is 4.05. The molecule has 1 fully saturated rings. The van der Waals surface area contributed by atoms with Crippen molar-refractivity contribution in [3.63, 3.8) is 0 Å². The Kier molecular flexibility index (Phi) is 4.84. The molecule has 27 heavy (non-hydrogen) atoms. The zero-order chi connectivity index (χ0) is 19.0. The summed E-state index contributed by atoms with van der Waals surface area (Å²) in [4.78, 5) is 25.3. The molecular formula is C19H22N4O3S. The van der Waals surface area contributed by atoms with E-state index in [2.05, 4.69) is 14.9 Å². The Balaban J connectivity index is 1.38. The standard InChI is InChI=1S/C19H22N4O3S/c1-12-20-15-8-14(4-5-17(15)27-12)25-11-18-21-16(10-26-18)19(24)23-7-6-13(9-23)22(2)3/h4-5,8,10,13H,6-7,9,11H2,1-3H3/t13-/m0/s1. The van der Waals surface area contributed by atoms with Crippen LogP contribution in [-0.4, -0.2) is 58.9 Å². The second-order valence-electron chi connectivity index (χ2n) is 6.93. The summed E-state index contributed by atoms with van der Waals surface area (Å²) in [5.74, 6) is 0.997. The van der Waals surface area contributed by atoms with Gasteiger partial charge in [0.25, 0.3) is 5.91 Å². The van der Waals surface area contributed by atoms with Crippen LogP contribution < -0.4 is 4.74 Å². The van der Waals surface area contributed by atoms with Crippen molar-refractivity contribution in [1.82, 2.24) is 19.8 Å². The molecule has 0 saturated carbocycles. The van der Waals surface area contributed by atoms with Gasteiger partial charge in [0.1, 0.15) is 12.0 Å². The predicted molar refractivity (Wildman–Crippen MR) is 103 cm³/mol. The second-order valence-corrected chi connectivity index (χ2v) is 8.17. The molecule has 1 aliphatic rings. The molecule has 1 atom stereocenters. The van der Waals surface area contributed by atoms with Crippen LogP contribution in [0.2, 0.25) is 0 Å². The van der Waals surface area contributed by atoms with Gasteiger partial charge in [0.15, 0.2) is 12.3 Å². The number of fused-ring (bicyclic) bond motifs is 1. The molecule has 3 heterocycles. The molecule has 1 amide bonds. The van der Waals surface area contributed by atoms with Crippen LogP contribution in [-0.2, 0) is 6.61 Å². The first-order valence-corrected chi connectivity index (χ1v) is 9.71. The van der Waals surface area contributed by atoms with E-state index in [-0.39, 0.29) is 12.5 Å². The normalized spacial score (nSPS) is 17.2. The minimum absolute atomic E-state index is 0.0892. The van der Waals surface area contributed by atoms with Crippen molar-refractivity contribution in [2.24, 2.45) is 0 Å². The topological polar surface area (TPSA) is 71.7 Å². The minimum atomic E-state index is -0.0892. The average molecular weight is 386 g/mol. The summed E-state index contributed by atoms with van der Waals surface area (Å²) < 4.78 is 12.3. The van der Waals surface area contributed by atoms with Gasteiger partial charge in [-0.2, -0.15) is 0 Å². The molecular weight excluding hydrogens is 364 g/mol. The van der Waals surface area contributed by atoms with E-state index < -0.39 is 0 Å². The number of nitrogens with zero attached hydrogens (tertiary/aromatic N) is 4. The van der Waals surface area contributed by atoms with Crippen molar-refractivity contribution in [1.29, 1.82) is 0 Å². The zero-order valence-electron chi connectivity index (χ0n) is 15.6. The third-order valence-electron chi connectivity index (χ3n) is 4.78. The molecule has 1 aliphatic heterocycles. The summed E-state index contributed by atoms with van der Waals surface area (Å²) in [6.07, 6.45) is 2.39. The summed E-state index contributed by atoms with van der Waals surface area (Å²) in [7, 11) is 4.07. The monoisotopic (exact) mass is 386 g/mol. The number of carbonyl (C=O) groups excluding carboxylic acids is 1. The van der Waals surface area contributed by atoms with Gasteiger partial charge >= 0.3 is 0 Å². The fourth-order valence-electron chi connectivity index (χ4n) is 3.24. The van der Waals surface area contributed by atoms with Gasteiger partial charge in [-0.25, -0.2) is 9.97 Å². The Hall–Kier alpha value is -2.45. The smallest absolute Gasteiger partial charge is 0.275 e. The quantitative estimate of drug-likeness (QED) is 0.671. The number of hydrogen-bond donors (Lipinski definition) is 0. The van der Waals surface area contributed by atoms with Crippen molar-refractivity contribution in [3.05, 3.63) is 41.1 Å². The van der Waals surface area contributed by atoms with Crippen molar-refractivity contribution >= 4 is 27.5 Å². The Morgan fingerprint density at radius 3 is 3.04 bits per heavy atom. The molecule has 1 saturated heterocycles. The number of aryl methyl sites for hydroxylation is 1. The number of ether oxygens (including phenoxy) is 1. The number of oxazole rings is 1. The highest BCUT2D eigenvalue weighted by Gasteiger charge is 2.29. The maximum Gasteiger partial charge on any atom is 0.275 e. The second kappa shape index (κ2) is 7.28. The van der Waals surface area contributed by atoms with E-state index in [0.29, 0.717) is 23.4 Å². The lowest BCUT2D eigenvalue weighted by atomic mass is 10.2. The molecule has 8 heteroatoms. The number of likely N-dealkylation sites (tertiary alicyclic amines) is 1. The van der Waals surface area contributed by atoms with Gasteiger partial charge in [-0.1, -0.05) is 0 Å². The molecule has 0 unspecified atom stereocenters. The molecule has 3 aromatic rings. The lowest BCUT2D eigenvalue weighted by molar-refractivity contribution is 0.0777. The first-order chi connectivity index (χ1) is 13.0. The third-order valence-corrected chi connectivity index (χ3v) is 5.73. The summed E-state index contributed by atoms with van der Waals surface area (Å²) in [5.41, 5.74) is 1.25. The molecule has 2 aromatic heterocycles. The molecule has 7 nitrogen and oxygen atoms in total. The van der Waals surface area contributed by atoms with Gasteiger partial charge in [-0.05, 0) is 39.6 Å². The van der Waals surface area contributed by atoms with Gasteiger partial charge in [0.05, 0.1) is 15.2 Å². The molecule has 0 N–H and O–H groups in total. The van der Waals surface area contributed by atoms with Gasteiger partial charge in [-0.3, -0.25) is 4.79 Å². The van der Waals surface area contributed by atoms with Crippen LogP contribution in [0.5, 0.6) is 5.75 Å². The number of likely N-dealkylation sites (N-methyl/N-ethyl adjacent to an activating group) is 1. The molecule has 1 aromatic carbocycles. The first-order valence-electron chi connectivity index (χ1n) is 8.89. The lowest BCUT2D eigenvalue weighted by Gasteiger charge is -2.19. The summed E-state index contributed by atoms with van der Waals surface area (Å²) in [5, 5.41) is 1.02. The SMILES string of the molecule is Cc1nc2cc(OCc3nc(C(=O)N4CC[C@H](N(C)C)C4)co3)ccc2s1. The van der Waals surface area contributed by atoms with E-state index >= 15 is 0 Å². The van der Waals surface area contributed by atoms with Gasteiger partial charge in [-0.15, -0.1) is 11.3 Å². The largest absolute Gasteiger partial charge is 0.484 e. The highest BCUT2D eigenvalue weighted by Crippen LogP contribution is 2.26. The number of benzene rings is 1. The highest BCUT2D eigenvalue weighted by molar-refractivity contribution is 7.18. The number of carbonyl (C=O) groups is 1. The molecule has 142 valence electrons. The molecule has 0 radical (unpaired) electrons. The maximum absolute atomic E-state index is 12.6. The van der Waals surface area contributed by atoms with Crippen LogP contribution in [0.3, 0.4) is 0 Å². The highest BCUT2D eigenvalue weighted by atomic mass is 32.1. The number of amides is 1. The molecule has 0 aliphatic carbocycles. The number of aromatic nitrogens is 2. The van der Waals surface area contributed by atoms with Gasteiger partial charge in [0.2, 0.25) is 5.89 Å². The van der Waals surface area contributed by atoms with Crippen LogP contribution in [0.1, 0.15) is 27.8 Å². The van der Waals surface area contributed by atoms with Gasteiger partial charge < -0.3 is 19.0 Å². The molecule has 0 bridgehead atoms. The van der Waals surface area contributed by atoms with E-state index in [4.69, 9.17) is 9.15 Å². The molecule has 4 rings (SSSR count).